The Kier molecular flexibility index (Phi) is 2.95. The minimum atomic E-state index is 0.719. The van der Waals surface area contributed by atoms with Crippen molar-refractivity contribution in [3.05, 3.63) is 42.5 Å². The molecule has 5 heteroatoms. The number of H-pyrrole nitrogens is 1. The molecule has 0 aliphatic carbocycles. The molecule has 0 aliphatic rings. The number of hydrogen-bond acceptors (Lipinski definition) is 4. The van der Waals surface area contributed by atoms with Gasteiger partial charge in [-0.15, -0.1) is 0 Å². The number of fused-ring (bicyclic) bond motifs is 1. The summed E-state index contributed by atoms with van der Waals surface area (Å²) in [5.41, 5.74) is 9.31. The molecule has 0 spiro atoms. The average molecular weight is 268 g/mol. The molecule has 0 amide bonds. The van der Waals surface area contributed by atoms with Crippen LogP contribution < -0.4 is 15.4 Å². The van der Waals surface area contributed by atoms with E-state index < -0.39 is 0 Å². The molecule has 5 nitrogen and oxygen atoms in total. The highest BCUT2D eigenvalue weighted by molar-refractivity contribution is 5.81. The van der Waals surface area contributed by atoms with Crippen LogP contribution in [0.5, 0.6) is 5.75 Å². The summed E-state index contributed by atoms with van der Waals surface area (Å²) in [6, 6.07) is 13.5. The van der Waals surface area contributed by atoms with Crippen LogP contribution in [0, 0.1) is 0 Å². The Balaban J connectivity index is 2.00. The summed E-state index contributed by atoms with van der Waals surface area (Å²) in [4.78, 5) is 9.80. The van der Waals surface area contributed by atoms with Crippen molar-refractivity contribution in [1.29, 1.82) is 0 Å². The maximum atomic E-state index is 5.78. The first-order valence-electron chi connectivity index (χ1n) is 6.30. The van der Waals surface area contributed by atoms with Crippen LogP contribution in [0.25, 0.3) is 11.0 Å². The van der Waals surface area contributed by atoms with Gasteiger partial charge < -0.3 is 20.4 Å². The molecule has 3 aromatic rings. The molecule has 0 atom stereocenters. The zero-order valence-corrected chi connectivity index (χ0v) is 11.4. The lowest BCUT2D eigenvalue weighted by molar-refractivity contribution is 0.415. The zero-order chi connectivity index (χ0) is 14.1. The Morgan fingerprint density at radius 3 is 2.85 bits per heavy atom. The van der Waals surface area contributed by atoms with Gasteiger partial charge in [0, 0.05) is 24.5 Å². The average Bonchev–Trinajstić information content (AvgIpc) is 2.89. The maximum absolute atomic E-state index is 5.78. The highest BCUT2D eigenvalue weighted by Crippen LogP contribution is 2.27. The molecule has 0 bridgehead atoms. The Morgan fingerprint density at radius 1 is 1.20 bits per heavy atom. The van der Waals surface area contributed by atoms with Gasteiger partial charge in [-0.3, -0.25) is 0 Å². The zero-order valence-electron chi connectivity index (χ0n) is 11.4. The minimum absolute atomic E-state index is 0.719. The summed E-state index contributed by atoms with van der Waals surface area (Å²) >= 11 is 0. The fourth-order valence-corrected chi connectivity index (χ4v) is 2.11. The Hall–Kier alpha value is -2.69. The van der Waals surface area contributed by atoms with E-state index in [-0.39, 0.29) is 0 Å². The van der Waals surface area contributed by atoms with Gasteiger partial charge in [0.1, 0.15) is 5.75 Å². The Bertz CT molecular complexity index is 750. The lowest BCUT2D eigenvalue weighted by Gasteiger charge is -2.16. The van der Waals surface area contributed by atoms with E-state index in [1.807, 2.05) is 54.4 Å². The third kappa shape index (κ3) is 2.14. The fraction of sp³-hybridized carbons (Fsp3) is 0.133. The molecule has 102 valence electrons. The van der Waals surface area contributed by atoms with Crippen molar-refractivity contribution in [2.45, 2.75) is 0 Å². The first-order valence-corrected chi connectivity index (χ1v) is 6.30. The van der Waals surface area contributed by atoms with Gasteiger partial charge in [0.2, 0.25) is 5.95 Å². The van der Waals surface area contributed by atoms with E-state index in [1.165, 1.54) is 0 Å². The van der Waals surface area contributed by atoms with Gasteiger partial charge >= 0.3 is 0 Å². The van der Waals surface area contributed by atoms with Crippen LogP contribution in [0.3, 0.4) is 0 Å². The van der Waals surface area contributed by atoms with E-state index >= 15 is 0 Å². The topological polar surface area (TPSA) is 67.2 Å². The van der Waals surface area contributed by atoms with Crippen molar-refractivity contribution in [3.8, 4) is 5.75 Å². The molecular formula is C15H16N4O. The van der Waals surface area contributed by atoms with Gasteiger partial charge in [-0.1, -0.05) is 6.07 Å². The smallest absolute Gasteiger partial charge is 0.208 e. The number of hydrogen-bond donors (Lipinski definition) is 2. The van der Waals surface area contributed by atoms with Crippen LogP contribution in [0.2, 0.25) is 0 Å². The predicted molar refractivity (Wildman–Crippen MR) is 81.6 cm³/mol. The van der Waals surface area contributed by atoms with Crippen LogP contribution in [0.15, 0.2) is 42.5 Å². The number of methoxy groups -OCH3 is 1. The largest absolute Gasteiger partial charge is 0.497 e. The molecule has 0 radical (unpaired) electrons. The number of imidazole rings is 1. The van der Waals surface area contributed by atoms with E-state index in [4.69, 9.17) is 10.5 Å². The van der Waals surface area contributed by atoms with E-state index in [0.717, 1.165) is 34.1 Å². The van der Waals surface area contributed by atoms with Crippen molar-refractivity contribution in [2.24, 2.45) is 0 Å². The van der Waals surface area contributed by atoms with Crippen LogP contribution in [0.4, 0.5) is 17.3 Å². The second-order valence-electron chi connectivity index (χ2n) is 4.60. The second-order valence-corrected chi connectivity index (χ2v) is 4.60. The number of nitrogens with one attached hydrogen (secondary N) is 1. The maximum Gasteiger partial charge on any atom is 0.208 e. The van der Waals surface area contributed by atoms with Crippen LogP contribution in [-0.2, 0) is 0 Å². The lowest BCUT2D eigenvalue weighted by Crippen LogP contribution is -2.10. The summed E-state index contributed by atoms with van der Waals surface area (Å²) in [7, 11) is 3.61. The number of anilines is 3. The summed E-state index contributed by atoms with van der Waals surface area (Å²) < 4.78 is 5.24. The summed E-state index contributed by atoms with van der Waals surface area (Å²) in [6.07, 6.45) is 0. The molecule has 1 aromatic heterocycles. The van der Waals surface area contributed by atoms with Crippen molar-refractivity contribution in [3.63, 3.8) is 0 Å². The van der Waals surface area contributed by atoms with Gasteiger partial charge in [-0.25, -0.2) is 4.98 Å². The van der Waals surface area contributed by atoms with E-state index in [9.17, 15) is 0 Å². The third-order valence-electron chi connectivity index (χ3n) is 3.25. The number of rotatable bonds is 3. The fourth-order valence-electron chi connectivity index (χ4n) is 2.11. The quantitative estimate of drug-likeness (QED) is 0.717. The molecule has 0 saturated carbocycles. The highest BCUT2D eigenvalue weighted by Gasteiger charge is 2.10. The molecule has 0 aliphatic heterocycles. The lowest BCUT2D eigenvalue weighted by atomic mass is 10.3. The molecule has 0 unspecified atom stereocenters. The normalized spacial score (nSPS) is 10.7. The standard InChI is InChI=1S/C15H16N4O/c1-19(11-4-3-5-12(9-11)20-2)15-17-13-7-6-10(16)8-14(13)18-15/h3-9H,16H2,1-2H3,(H,17,18). The molecule has 3 rings (SSSR count). The monoisotopic (exact) mass is 268 g/mol. The number of nitrogens with two attached hydrogens (primary N) is 1. The van der Waals surface area contributed by atoms with Gasteiger partial charge in [-0.2, -0.15) is 0 Å². The molecule has 2 aromatic carbocycles. The third-order valence-corrected chi connectivity index (χ3v) is 3.25. The number of aromatic nitrogens is 2. The SMILES string of the molecule is COc1cccc(N(C)c2nc3ccc(N)cc3[nH]2)c1. The van der Waals surface area contributed by atoms with Crippen LogP contribution in [-0.4, -0.2) is 24.1 Å². The highest BCUT2D eigenvalue weighted by atomic mass is 16.5. The number of nitrogen functional groups attached to an aromatic ring is 1. The summed E-state index contributed by atoms with van der Waals surface area (Å²) in [5.74, 6) is 1.58. The molecule has 20 heavy (non-hydrogen) atoms. The Labute approximate surface area is 117 Å². The summed E-state index contributed by atoms with van der Waals surface area (Å²) in [5, 5.41) is 0. The van der Waals surface area contributed by atoms with Gasteiger partial charge in [0.25, 0.3) is 0 Å². The van der Waals surface area contributed by atoms with Gasteiger partial charge in [0.15, 0.2) is 0 Å². The van der Waals surface area contributed by atoms with Crippen LogP contribution in [0.1, 0.15) is 0 Å². The summed E-state index contributed by atoms with van der Waals surface area (Å²) in [6.45, 7) is 0. The number of ether oxygens (including phenoxy) is 1. The Morgan fingerprint density at radius 2 is 2.05 bits per heavy atom. The molecule has 0 saturated heterocycles. The first kappa shape index (κ1) is 12.3. The van der Waals surface area contributed by atoms with Crippen LogP contribution >= 0.6 is 0 Å². The van der Waals surface area contributed by atoms with E-state index in [2.05, 4.69) is 9.97 Å². The second kappa shape index (κ2) is 4.77. The minimum Gasteiger partial charge on any atom is -0.497 e. The number of benzene rings is 2. The number of nitrogens with zero attached hydrogens (tertiary/aromatic N) is 2. The predicted octanol–water partition coefficient (Wildman–Crippen LogP) is 2.92. The van der Waals surface area contributed by atoms with Crippen molar-refractivity contribution >= 4 is 28.4 Å². The number of aromatic amines is 1. The van der Waals surface area contributed by atoms with Gasteiger partial charge in [0.05, 0.1) is 18.1 Å². The van der Waals surface area contributed by atoms with E-state index in [0.29, 0.717) is 0 Å². The molecular weight excluding hydrogens is 252 g/mol. The molecule has 0 fully saturated rings. The van der Waals surface area contributed by atoms with E-state index in [1.54, 1.807) is 7.11 Å². The van der Waals surface area contributed by atoms with Crippen molar-refractivity contribution in [2.75, 3.05) is 24.8 Å². The molecule has 3 N–H and O–H groups in total. The van der Waals surface area contributed by atoms with Crippen molar-refractivity contribution in [1.82, 2.24) is 9.97 Å². The van der Waals surface area contributed by atoms with Gasteiger partial charge in [-0.05, 0) is 30.3 Å². The first-order chi connectivity index (χ1) is 9.67. The molecule has 1 heterocycles. The van der Waals surface area contributed by atoms with Crippen molar-refractivity contribution < 1.29 is 4.74 Å².